The molecular weight excluding hydrogens is 381 g/mol. The minimum Gasteiger partial charge on any atom is -0.493 e. The van der Waals surface area contributed by atoms with Crippen molar-refractivity contribution >= 4 is 17.3 Å². The molecule has 0 saturated heterocycles. The van der Waals surface area contributed by atoms with E-state index in [1.165, 1.54) is 17.4 Å². The van der Waals surface area contributed by atoms with Crippen LogP contribution in [0.4, 0.5) is 4.39 Å². The zero-order valence-electron chi connectivity index (χ0n) is 15.8. The Morgan fingerprint density at radius 1 is 1.18 bits per heavy atom. The average Bonchev–Trinajstić information content (AvgIpc) is 3.18. The first-order valence-electron chi connectivity index (χ1n) is 8.70. The van der Waals surface area contributed by atoms with E-state index in [1.807, 2.05) is 30.5 Å². The number of esters is 1. The molecule has 2 aromatic carbocycles. The SMILES string of the molecule is CCOc1ccc(-c2nc(COC(=O)c3ccc(C)c(F)c3)cs2)cc1OC. The second-order valence-corrected chi connectivity index (χ2v) is 6.84. The van der Waals surface area contributed by atoms with Crippen LogP contribution in [0.25, 0.3) is 10.6 Å². The molecule has 28 heavy (non-hydrogen) atoms. The number of carbonyl (C=O) groups is 1. The van der Waals surface area contributed by atoms with Crippen molar-refractivity contribution in [3.63, 3.8) is 0 Å². The van der Waals surface area contributed by atoms with Crippen molar-refractivity contribution in [3.8, 4) is 22.1 Å². The van der Waals surface area contributed by atoms with Gasteiger partial charge in [0.05, 0.1) is 25.0 Å². The Balaban J connectivity index is 1.68. The van der Waals surface area contributed by atoms with Crippen LogP contribution in [0.15, 0.2) is 41.8 Å². The van der Waals surface area contributed by atoms with Crippen LogP contribution < -0.4 is 9.47 Å². The fraction of sp³-hybridized carbons (Fsp3) is 0.238. The number of halogens is 1. The van der Waals surface area contributed by atoms with E-state index in [1.54, 1.807) is 26.2 Å². The Morgan fingerprint density at radius 3 is 2.71 bits per heavy atom. The van der Waals surface area contributed by atoms with Crippen molar-refractivity contribution in [3.05, 3.63) is 64.4 Å². The molecule has 0 amide bonds. The van der Waals surface area contributed by atoms with Crippen LogP contribution in [-0.4, -0.2) is 24.7 Å². The molecule has 0 N–H and O–H groups in total. The summed E-state index contributed by atoms with van der Waals surface area (Å²) in [5.74, 6) is 0.278. The monoisotopic (exact) mass is 401 g/mol. The second kappa shape index (κ2) is 8.84. The number of rotatable bonds is 7. The minimum atomic E-state index is -0.587. The number of ether oxygens (including phenoxy) is 3. The molecule has 0 aliphatic heterocycles. The Hall–Kier alpha value is -2.93. The van der Waals surface area contributed by atoms with Crippen molar-refractivity contribution in [1.29, 1.82) is 0 Å². The lowest BCUT2D eigenvalue weighted by Crippen LogP contribution is -2.06. The van der Waals surface area contributed by atoms with Crippen LogP contribution in [0, 0.1) is 12.7 Å². The zero-order valence-corrected chi connectivity index (χ0v) is 16.6. The number of benzene rings is 2. The van der Waals surface area contributed by atoms with E-state index in [9.17, 15) is 9.18 Å². The number of nitrogens with zero attached hydrogens (tertiary/aromatic N) is 1. The Morgan fingerprint density at radius 2 is 2.00 bits per heavy atom. The first kappa shape index (κ1) is 19.8. The molecule has 0 bridgehead atoms. The van der Waals surface area contributed by atoms with Gasteiger partial charge in [-0.05, 0) is 49.7 Å². The van der Waals surface area contributed by atoms with Crippen molar-refractivity contribution in [2.24, 2.45) is 0 Å². The predicted octanol–water partition coefficient (Wildman–Crippen LogP) is 5.02. The van der Waals surface area contributed by atoms with E-state index in [2.05, 4.69) is 4.98 Å². The highest BCUT2D eigenvalue weighted by Crippen LogP contribution is 2.33. The summed E-state index contributed by atoms with van der Waals surface area (Å²) in [4.78, 5) is 16.6. The smallest absolute Gasteiger partial charge is 0.338 e. The number of carbonyl (C=O) groups excluding carboxylic acids is 1. The van der Waals surface area contributed by atoms with Crippen LogP contribution >= 0.6 is 11.3 Å². The van der Waals surface area contributed by atoms with Crippen LogP contribution in [0.3, 0.4) is 0 Å². The maximum absolute atomic E-state index is 13.6. The number of aryl methyl sites for hydroxylation is 1. The fourth-order valence-corrected chi connectivity index (χ4v) is 3.33. The second-order valence-electron chi connectivity index (χ2n) is 5.98. The number of hydrogen-bond acceptors (Lipinski definition) is 6. The van der Waals surface area contributed by atoms with Crippen LogP contribution in [0.2, 0.25) is 0 Å². The number of aromatic nitrogens is 1. The summed E-state index contributed by atoms with van der Waals surface area (Å²) < 4.78 is 29.7. The Kier molecular flexibility index (Phi) is 6.26. The molecule has 0 radical (unpaired) electrons. The molecule has 0 saturated carbocycles. The number of thiazole rings is 1. The summed E-state index contributed by atoms with van der Waals surface area (Å²) in [6.07, 6.45) is 0. The third kappa shape index (κ3) is 4.48. The van der Waals surface area contributed by atoms with Crippen molar-refractivity contribution in [2.75, 3.05) is 13.7 Å². The van der Waals surface area contributed by atoms with Gasteiger partial charge < -0.3 is 14.2 Å². The molecule has 1 heterocycles. The lowest BCUT2D eigenvalue weighted by molar-refractivity contribution is 0.0468. The molecule has 0 aliphatic rings. The normalized spacial score (nSPS) is 10.6. The Bertz CT molecular complexity index is 986. The first-order chi connectivity index (χ1) is 13.5. The molecular formula is C21H20FNO4S. The standard InChI is InChI=1S/C21H20FNO4S/c1-4-26-18-8-7-14(10-19(18)25-3)20-23-16(12-28-20)11-27-21(24)15-6-5-13(2)17(22)9-15/h5-10,12H,4,11H2,1-3H3. The molecule has 0 spiro atoms. The average molecular weight is 401 g/mol. The predicted molar refractivity (Wildman–Crippen MR) is 106 cm³/mol. The van der Waals surface area contributed by atoms with Crippen molar-refractivity contribution in [1.82, 2.24) is 4.98 Å². The maximum atomic E-state index is 13.6. The molecule has 5 nitrogen and oxygen atoms in total. The fourth-order valence-electron chi connectivity index (χ4n) is 2.52. The van der Waals surface area contributed by atoms with Gasteiger partial charge in [0.2, 0.25) is 0 Å². The largest absolute Gasteiger partial charge is 0.493 e. The van der Waals surface area contributed by atoms with Gasteiger partial charge in [-0.1, -0.05) is 6.07 Å². The van der Waals surface area contributed by atoms with Gasteiger partial charge in [-0.25, -0.2) is 14.2 Å². The summed E-state index contributed by atoms with van der Waals surface area (Å²) in [6.45, 7) is 4.11. The van der Waals surface area contributed by atoms with Gasteiger partial charge in [-0.15, -0.1) is 11.3 Å². The van der Waals surface area contributed by atoms with Crippen LogP contribution in [0.1, 0.15) is 28.5 Å². The van der Waals surface area contributed by atoms with Crippen LogP contribution in [0.5, 0.6) is 11.5 Å². The first-order valence-corrected chi connectivity index (χ1v) is 9.58. The molecule has 0 aliphatic carbocycles. The minimum absolute atomic E-state index is 0.0129. The molecule has 3 rings (SSSR count). The molecule has 3 aromatic rings. The van der Waals surface area contributed by atoms with E-state index >= 15 is 0 Å². The van der Waals surface area contributed by atoms with E-state index in [-0.39, 0.29) is 12.2 Å². The third-order valence-corrected chi connectivity index (χ3v) is 4.96. The van der Waals surface area contributed by atoms with E-state index in [0.717, 1.165) is 10.6 Å². The van der Waals surface area contributed by atoms with Crippen molar-refractivity contribution in [2.45, 2.75) is 20.5 Å². The van der Waals surface area contributed by atoms with Crippen molar-refractivity contribution < 1.29 is 23.4 Å². The van der Waals surface area contributed by atoms with Crippen LogP contribution in [-0.2, 0) is 11.3 Å². The van der Waals surface area contributed by atoms with Gasteiger partial charge in [-0.2, -0.15) is 0 Å². The highest BCUT2D eigenvalue weighted by atomic mass is 32.1. The highest BCUT2D eigenvalue weighted by Gasteiger charge is 2.13. The summed E-state index contributed by atoms with van der Waals surface area (Å²) in [5.41, 5.74) is 2.15. The molecule has 1 aromatic heterocycles. The van der Waals surface area contributed by atoms with Gasteiger partial charge in [-0.3, -0.25) is 0 Å². The molecule has 0 unspecified atom stereocenters. The zero-order chi connectivity index (χ0) is 20.1. The third-order valence-electron chi connectivity index (χ3n) is 4.02. The number of hydrogen-bond donors (Lipinski definition) is 0. The van der Waals surface area contributed by atoms with Gasteiger partial charge >= 0.3 is 5.97 Å². The topological polar surface area (TPSA) is 57.7 Å². The molecule has 0 atom stereocenters. The van der Waals surface area contributed by atoms with Gasteiger partial charge in [0.1, 0.15) is 17.4 Å². The summed E-state index contributed by atoms with van der Waals surface area (Å²) in [6, 6.07) is 9.86. The maximum Gasteiger partial charge on any atom is 0.338 e. The summed E-state index contributed by atoms with van der Waals surface area (Å²) in [7, 11) is 1.59. The summed E-state index contributed by atoms with van der Waals surface area (Å²) >= 11 is 1.43. The molecule has 146 valence electrons. The molecule has 0 fully saturated rings. The highest BCUT2D eigenvalue weighted by molar-refractivity contribution is 7.13. The number of methoxy groups -OCH3 is 1. The lowest BCUT2D eigenvalue weighted by atomic mass is 10.1. The quantitative estimate of drug-likeness (QED) is 0.520. The molecule has 7 heteroatoms. The van der Waals surface area contributed by atoms with E-state index in [4.69, 9.17) is 14.2 Å². The Labute approximate surface area is 166 Å². The van der Waals surface area contributed by atoms with E-state index < -0.39 is 11.8 Å². The van der Waals surface area contributed by atoms with Gasteiger partial charge in [0.15, 0.2) is 11.5 Å². The lowest BCUT2D eigenvalue weighted by Gasteiger charge is -2.09. The van der Waals surface area contributed by atoms with Gasteiger partial charge in [0, 0.05) is 10.9 Å². The summed E-state index contributed by atoms with van der Waals surface area (Å²) in [5, 5.41) is 2.59. The van der Waals surface area contributed by atoms with Gasteiger partial charge in [0.25, 0.3) is 0 Å². The van der Waals surface area contributed by atoms with E-state index in [0.29, 0.717) is 29.4 Å².